The van der Waals surface area contributed by atoms with E-state index in [1.54, 1.807) is 17.0 Å². The number of hydrogen-bond donors (Lipinski definition) is 1. The average molecular weight is 478 g/mol. The number of halogens is 1. The Kier molecular flexibility index (Phi) is 7.96. The van der Waals surface area contributed by atoms with Gasteiger partial charge in [-0.3, -0.25) is 9.00 Å². The maximum Gasteiger partial charge on any atom is 0.230 e. The van der Waals surface area contributed by atoms with Crippen LogP contribution in [0.1, 0.15) is 51.6 Å². The number of carbonyl (C=O) groups excluding carboxylic acids is 1. The van der Waals surface area contributed by atoms with Crippen molar-refractivity contribution in [1.29, 1.82) is 0 Å². The van der Waals surface area contributed by atoms with E-state index in [0.29, 0.717) is 18.7 Å². The summed E-state index contributed by atoms with van der Waals surface area (Å²) in [5, 5.41) is 0. The summed E-state index contributed by atoms with van der Waals surface area (Å²) in [7, 11) is -1.99. The Bertz CT molecular complexity index is 984. The fourth-order valence-corrected chi connectivity index (χ4v) is 4.86. The summed E-state index contributed by atoms with van der Waals surface area (Å²) in [6, 6.07) is 13.7. The molecule has 1 saturated heterocycles. The fraction of sp³-hybridized carbons (Fsp3) is 0.500. The van der Waals surface area contributed by atoms with Crippen molar-refractivity contribution in [2.45, 2.75) is 57.8 Å². The zero-order valence-electron chi connectivity index (χ0n) is 20.2. The predicted octanol–water partition coefficient (Wildman–Crippen LogP) is 4.92. The summed E-state index contributed by atoms with van der Waals surface area (Å²) in [4.78, 5) is 13.9. The van der Waals surface area contributed by atoms with Crippen LogP contribution in [0.25, 0.3) is 0 Å². The van der Waals surface area contributed by atoms with Crippen molar-refractivity contribution in [2.24, 2.45) is 0 Å². The van der Waals surface area contributed by atoms with E-state index < -0.39 is 9.93 Å². The number of carbonyl (C=O) groups is 1. The van der Waals surface area contributed by atoms with Crippen LogP contribution in [-0.4, -0.2) is 46.7 Å². The smallest absolute Gasteiger partial charge is 0.230 e. The Labute approximate surface area is 197 Å². The summed E-state index contributed by atoms with van der Waals surface area (Å²) < 4.78 is 37.2. The summed E-state index contributed by atoms with van der Waals surface area (Å²) in [5.41, 5.74) is 1.42. The molecular formula is C26H36FNO4S. The van der Waals surface area contributed by atoms with Crippen LogP contribution in [0, 0.1) is 5.82 Å². The van der Waals surface area contributed by atoms with Gasteiger partial charge >= 0.3 is 0 Å². The normalized spacial score (nSPS) is 18.1. The number of hydrogen-bond acceptors (Lipinski definition) is 4. The Morgan fingerprint density at radius 1 is 1.12 bits per heavy atom. The molecule has 33 heavy (non-hydrogen) atoms. The first-order chi connectivity index (χ1) is 15.4. The maximum absolute atomic E-state index is 13.2. The summed E-state index contributed by atoms with van der Waals surface area (Å²) in [6.07, 6.45) is 5.69. The molecule has 0 saturated carbocycles. The molecule has 1 heterocycles. The molecule has 0 spiro atoms. The molecular weight excluding hydrogens is 441 g/mol. The van der Waals surface area contributed by atoms with Gasteiger partial charge in [-0.25, -0.2) is 4.39 Å². The molecule has 0 N–H and O–H groups in total. The first-order valence-corrected chi connectivity index (χ1v) is 14.2. The van der Waals surface area contributed by atoms with E-state index in [0.717, 1.165) is 29.9 Å². The van der Waals surface area contributed by atoms with Crippen molar-refractivity contribution in [3.8, 4) is 5.75 Å². The van der Waals surface area contributed by atoms with E-state index in [9.17, 15) is 13.4 Å². The van der Waals surface area contributed by atoms with E-state index in [1.165, 1.54) is 12.1 Å². The zero-order chi connectivity index (χ0) is 24.2. The van der Waals surface area contributed by atoms with Gasteiger partial charge in [0, 0.05) is 11.4 Å². The van der Waals surface area contributed by atoms with Gasteiger partial charge in [0.25, 0.3) is 0 Å². The lowest BCUT2D eigenvalue weighted by molar-refractivity contribution is -0.124. The molecule has 1 fully saturated rings. The van der Waals surface area contributed by atoms with Gasteiger partial charge in [0.1, 0.15) is 17.7 Å². The standard InChI is InChI=1S/C26H36FNO4S/c1-19(18-31-26(2,3)15-6-16-33(4,5)30)32-23-13-7-20(8-14-23)24-17-25(29)28(24)22-11-9-21(27)10-12-22/h7-14,19,24,33H,6,15-18H2,1-5H3/t19?,24-/m0/s1. The Morgan fingerprint density at radius 3 is 2.33 bits per heavy atom. The largest absolute Gasteiger partial charge is 0.488 e. The molecule has 1 amide bonds. The second-order valence-electron chi connectivity index (χ2n) is 9.93. The van der Waals surface area contributed by atoms with Crippen LogP contribution in [0.4, 0.5) is 10.1 Å². The molecule has 5 nitrogen and oxygen atoms in total. The number of amides is 1. The molecule has 3 rings (SSSR count). The number of benzene rings is 2. The topological polar surface area (TPSA) is 55.8 Å². The molecule has 1 unspecified atom stereocenters. The number of nitrogens with zero attached hydrogens (tertiary/aromatic N) is 1. The molecule has 0 aliphatic carbocycles. The van der Waals surface area contributed by atoms with Gasteiger partial charge in [-0.2, -0.15) is 0 Å². The monoisotopic (exact) mass is 477 g/mol. The van der Waals surface area contributed by atoms with Crippen molar-refractivity contribution in [3.63, 3.8) is 0 Å². The lowest BCUT2D eigenvalue weighted by Gasteiger charge is -2.40. The highest BCUT2D eigenvalue weighted by molar-refractivity contribution is 8.01. The van der Waals surface area contributed by atoms with Gasteiger partial charge in [0.05, 0.1) is 24.7 Å². The van der Waals surface area contributed by atoms with E-state index in [1.807, 2.05) is 43.7 Å². The molecule has 0 bridgehead atoms. The average Bonchev–Trinajstić information content (AvgIpc) is 2.72. The van der Waals surface area contributed by atoms with Crippen molar-refractivity contribution in [2.75, 3.05) is 29.8 Å². The van der Waals surface area contributed by atoms with E-state index in [-0.39, 0.29) is 29.5 Å². The highest BCUT2D eigenvalue weighted by Crippen LogP contribution is 2.39. The SMILES string of the molecule is CC(COC(C)(C)CCC[SH](C)(C)=O)Oc1ccc([C@@H]2CC(=O)N2c2ccc(F)cc2)cc1. The minimum Gasteiger partial charge on any atom is -0.488 e. The van der Waals surface area contributed by atoms with Crippen molar-refractivity contribution in [3.05, 3.63) is 59.9 Å². The minimum atomic E-state index is -1.99. The molecule has 1 aliphatic heterocycles. The fourth-order valence-electron chi connectivity index (χ4n) is 3.94. The molecule has 1 aliphatic rings. The number of β-lactam (4-membered cyclic amide) rings is 1. The van der Waals surface area contributed by atoms with E-state index in [2.05, 4.69) is 13.8 Å². The third-order valence-corrected chi connectivity index (χ3v) is 7.23. The van der Waals surface area contributed by atoms with Crippen LogP contribution in [0.3, 0.4) is 0 Å². The van der Waals surface area contributed by atoms with Crippen LogP contribution in [0.15, 0.2) is 48.5 Å². The van der Waals surface area contributed by atoms with Gasteiger partial charge in [-0.15, -0.1) is 9.93 Å². The third kappa shape index (κ3) is 7.37. The Morgan fingerprint density at radius 2 is 1.76 bits per heavy atom. The number of anilines is 1. The number of thiol groups is 1. The molecule has 0 radical (unpaired) electrons. The van der Waals surface area contributed by atoms with Crippen LogP contribution in [0.5, 0.6) is 5.75 Å². The quantitative estimate of drug-likeness (QED) is 0.369. The zero-order valence-corrected chi connectivity index (χ0v) is 21.1. The van der Waals surface area contributed by atoms with Gasteiger partial charge < -0.3 is 14.4 Å². The van der Waals surface area contributed by atoms with Crippen molar-refractivity contribution < 1.29 is 22.9 Å². The van der Waals surface area contributed by atoms with Crippen LogP contribution < -0.4 is 9.64 Å². The third-order valence-electron chi connectivity index (χ3n) is 5.84. The van der Waals surface area contributed by atoms with Crippen molar-refractivity contribution >= 4 is 21.5 Å². The predicted molar refractivity (Wildman–Crippen MR) is 133 cm³/mol. The summed E-state index contributed by atoms with van der Waals surface area (Å²) in [5.74, 6) is 1.19. The Hall–Kier alpha value is -2.25. The van der Waals surface area contributed by atoms with Gasteiger partial charge in [-0.05, 0) is 88.1 Å². The molecule has 2 aromatic carbocycles. The second-order valence-corrected chi connectivity index (χ2v) is 13.5. The van der Waals surface area contributed by atoms with Crippen LogP contribution >= 0.6 is 0 Å². The lowest BCUT2D eigenvalue weighted by atomic mass is 9.93. The molecule has 182 valence electrons. The number of rotatable bonds is 11. The van der Waals surface area contributed by atoms with Gasteiger partial charge in [0.2, 0.25) is 5.91 Å². The Balaban J connectivity index is 1.50. The highest BCUT2D eigenvalue weighted by Gasteiger charge is 2.38. The van der Waals surface area contributed by atoms with Crippen LogP contribution in [-0.2, 0) is 19.5 Å². The van der Waals surface area contributed by atoms with Crippen LogP contribution in [0.2, 0.25) is 0 Å². The lowest BCUT2D eigenvalue weighted by Crippen LogP contribution is -2.46. The minimum absolute atomic E-state index is 0.0287. The van der Waals surface area contributed by atoms with Gasteiger partial charge in [0.15, 0.2) is 0 Å². The molecule has 2 atom stereocenters. The van der Waals surface area contributed by atoms with Gasteiger partial charge in [-0.1, -0.05) is 12.1 Å². The molecule has 7 heteroatoms. The van der Waals surface area contributed by atoms with E-state index >= 15 is 0 Å². The second kappa shape index (κ2) is 10.3. The maximum atomic E-state index is 13.2. The first-order valence-electron chi connectivity index (χ1n) is 11.5. The van der Waals surface area contributed by atoms with E-state index in [4.69, 9.17) is 9.47 Å². The highest BCUT2D eigenvalue weighted by atomic mass is 32.2. The summed E-state index contributed by atoms with van der Waals surface area (Å²) >= 11 is 0. The summed E-state index contributed by atoms with van der Waals surface area (Å²) in [6.45, 7) is 6.53. The first kappa shape index (κ1) is 25.4. The molecule has 2 aromatic rings. The number of ether oxygens (including phenoxy) is 2. The van der Waals surface area contributed by atoms with Crippen molar-refractivity contribution in [1.82, 2.24) is 0 Å². The molecule has 0 aromatic heterocycles.